The van der Waals surface area contributed by atoms with Crippen molar-refractivity contribution in [1.82, 2.24) is 15.5 Å². The van der Waals surface area contributed by atoms with Crippen LogP contribution in [0, 0.1) is 0 Å². The maximum atomic E-state index is 12.9. The molecule has 1 saturated heterocycles. The summed E-state index contributed by atoms with van der Waals surface area (Å²) < 4.78 is 4.66. The Bertz CT molecular complexity index is 622. The number of hydrogen-bond donors (Lipinski definition) is 2. The fraction of sp³-hybridized carbons (Fsp3) is 0.526. The lowest BCUT2D eigenvalue weighted by molar-refractivity contribution is -0.151. The SMILES string of the molecule is COC(=O)CN1CCCC(C)(NC(CCc2ccccc2)NC=O)C1=O. The highest BCUT2D eigenvalue weighted by molar-refractivity contribution is 5.89. The van der Waals surface area contributed by atoms with Crippen molar-refractivity contribution in [3.05, 3.63) is 35.9 Å². The maximum absolute atomic E-state index is 12.9. The number of esters is 1. The molecule has 2 rings (SSSR count). The summed E-state index contributed by atoms with van der Waals surface area (Å²) in [6.07, 6.45) is 3.16. The number of ether oxygens (including phenoxy) is 1. The third-order valence-corrected chi connectivity index (χ3v) is 4.74. The second kappa shape index (κ2) is 9.33. The molecule has 7 heteroatoms. The molecule has 142 valence electrons. The largest absolute Gasteiger partial charge is 0.468 e. The Labute approximate surface area is 154 Å². The van der Waals surface area contributed by atoms with Crippen LogP contribution in [0.25, 0.3) is 0 Å². The van der Waals surface area contributed by atoms with Crippen LogP contribution < -0.4 is 10.6 Å². The van der Waals surface area contributed by atoms with Crippen molar-refractivity contribution in [3.8, 4) is 0 Å². The van der Waals surface area contributed by atoms with Gasteiger partial charge in [-0.2, -0.15) is 0 Å². The van der Waals surface area contributed by atoms with Crippen LogP contribution in [0.15, 0.2) is 30.3 Å². The molecule has 0 saturated carbocycles. The first-order chi connectivity index (χ1) is 12.5. The Morgan fingerprint density at radius 2 is 2.12 bits per heavy atom. The minimum absolute atomic E-state index is 0.0532. The summed E-state index contributed by atoms with van der Waals surface area (Å²) >= 11 is 0. The monoisotopic (exact) mass is 361 g/mol. The second-order valence-electron chi connectivity index (χ2n) is 6.74. The van der Waals surface area contributed by atoms with E-state index in [2.05, 4.69) is 15.4 Å². The molecule has 2 N–H and O–H groups in total. The van der Waals surface area contributed by atoms with Gasteiger partial charge in [0, 0.05) is 6.54 Å². The quantitative estimate of drug-likeness (QED) is 0.387. The van der Waals surface area contributed by atoms with E-state index in [4.69, 9.17) is 0 Å². The van der Waals surface area contributed by atoms with E-state index < -0.39 is 11.5 Å². The molecule has 1 aromatic rings. The van der Waals surface area contributed by atoms with Crippen LogP contribution in [0.4, 0.5) is 0 Å². The summed E-state index contributed by atoms with van der Waals surface area (Å²) in [4.78, 5) is 36.9. The Kier molecular flexibility index (Phi) is 7.15. The molecular weight excluding hydrogens is 334 g/mol. The smallest absolute Gasteiger partial charge is 0.325 e. The molecule has 26 heavy (non-hydrogen) atoms. The zero-order chi connectivity index (χ0) is 19.0. The summed E-state index contributed by atoms with van der Waals surface area (Å²) in [6.45, 7) is 2.30. The molecule has 1 fully saturated rings. The highest BCUT2D eigenvalue weighted by Gasteiger charge is 2.41. The predicted octanol–water partition coefficient (Wildman–Crippen LogP) is 0.835. The van der Waals surface area contributed by atoms with E-state index in [1.807, 2.05) is 37.3 Å². The average molecular weight is 361 g/mol. The number of methoxy groups -OCH3 is 1. The number of carbonyl (C=O) groups is 3. The van der Waals surface area contributed by atoms with Gasteiger partial charge in [0.05, 0.1) is 18.8 Å². The summed E-state index contributed by atoms with van der Waals surface area (Å²) in [6, 6.07) is 9.97. The number of aryl methyl sites for hydroxylation is 1. The molecule has 2 atom stereocenters. The topological polar surface area (TPSA) is 87.7 Å². The van der Waals surface area contributed by atoms with Crippen molar-refractivity contribution in [2.75, 3.05) is 20.2 Å². The second-order valence-corrected chi connectivity index (χ2v) is 6.74. The molecule has 0 radical (unpaired) electrons. The number of hydrogen-bond acceptors (Lipinski definition) is 5. The Morgan fingerprint density at radius 3 is 2.77 bits per heavy atom. The molecule has 0 aromatic heterocycles. The van der Waals surface area contributed by atoms with Crippen molar-refractivity contribution in [2.45, 2.75) is 44.3 Å². The Hall–Kier alpha value is -2.41. The van der Waals surface area contributed by atoms with E-state index in [0.29, 0.717) is 25.8 Å². The number of amides is 2. The maximum Gasteiger partial charge on any atom is 0.325 e. The van der Waals surface area contributed by atoms with Crippen molar-refractivity contribution in [2.24, 2.45) is 0 Å². The van der Waals surface area contributed by atoms with Crippen LogP contribution in [0.3, 0.4) is 0 Å². The van der Waals surface area contributed by atoms with E-state index >= 15 is 0 Å². The van der Waals surface area contributed by atoms with Crippen molar-refractivity contribution in [1.29, 1.82) is 0 Å². The third-order valence-electron chi connectivity index (χ3n) is 4.74. The van der Waals surface area contributed by atoms with Crippen LogP contribution in [0.1, 0.15) is 31.7 Å². The minimum atomic E-state index is -0.830. The summed E-state index contributed by atoms with van der Waals surface area (Å²) in [5.41, 5.74) is 0.336. The highest BCUT2D eigenvalue weighted by atomic mass is 16.5. The molecule has 1 aliphatic rings. The standard InChI is InChI=1S/C19H27N3O4/c1-19(11-6-12-22(18(19)25)13-17(24)26-2)21-16(20-14-23)10-9-15-7-4-3-5-8-15/h3-5,7-8,14,16,21H,6,9-13H2,1-2H3,(H,20,23). The molecule has 2 amide bonds. The zero-order valence-electron chi connectivity index (χ0n) is 15.4. The number of nitrogens with zero attached hydrogens (tertiary/aromatic N) is 1. The van der Waals surface area contributed by atoms with Crippen molar-refractivity contribution < 1.29 is 19.1 Å². The molecule has 0 aliphatic carbocycles. The van der Waals surface area contributed by atoms with Crippen molar-refractivity contribution in [3.63, 3.8) is 0 Å². The first kappa shape index (κ1) is 19.9. The van der Waals surface area contributed by atoms with Crippen LogP contribution in [0.2, 0.25) is 0 Å². The lowest BCUT2D eigenvalue weighted by Crippen LogP contribution is -2.64. The van der Waals surface area contributed by atoms with Crippen molar-refractivity contribution >= 4 is 18.3 Å². The predicted molar refractivity (Wildman–Crippen MR) is 97.1 cm³/mol. The summed E-state index contributed by atoms with van der Waals surface area (Å²) in [7, 11) is 1.31. The summed E-state index contributed by atoms with van der Waals surface area (Å²) in [5.74, 6) is -0.583. The van der Waals surface area contributed by atoms with Gasteiger partial charge in [0.2, 0.25) is 12.3 Å². The Balaban J connectivity index is 2.01. The lowest BCUT2D eigenvalue weighted by atomic mass is 9.89. The van der Waals surface area contributed by atoms with Crippen LogP contribution in [-0.2, 0) is 25.5 Å². The fourth-order valence-electron chi connectivity index (χ4n) is 3.31. The average Bonchev–Trinajstić information content (AvgIpc) is 2.64. The number of carbonyl (C=O) groups excluding carboxylic acids is 3. The highest BCUT2D eigenvalue weighted by Crippen LogP contribution is 2.23. The molecule has 1 aromatic carbocycles. The third kappa shape index (κ3) is 5.29. The van der Waals surface area contributed by atoms with E-state index in [1.54, 1.807) is 0 Å². The van der Waals surface area contributed by atoms with Gasteiger partial charge in [0.1, 0.15) is 6.54 Å². The van der Waals surface area contributed by atoms with Gasteiger partial charge in [-0.25, -0.2) is 0 Å². The number of nitrogens with one attached hydrogen (secondary N) is 2. The Morgan fingerprint density at radius 1 is 1.38 bits per heavy atom. The molecule has 2 unspecified atom stereocenters. The summed E-state index contributed by atoms with van der Waals surface area (Å²) in [5, 5.41) is 6.05. The van der Waals surface area contributed by atoms with Gasteiger partial charge in [0.25, 0.3) is 0 Å². The molecule has 0 spiro atoms. The minimum Gasteiger partial charge on any atom is -0.468 e. The normalized spacial score (nSPS) is 21.2. The number of piperidine rings is 1. The molecular formula is C19H27N3O4. The van der Waals surface area contributed by atoms with E-state index in [1.165, 1.54) is 17.6 Å². The van der Waals surface area contributed by atoms with Gasteiger partial charge < -0.3 is 15.0 Å². The first-order valence-electron chi connectivity index (χ1n) is 8.86. The van der Waals surface area contributed by atoms with Gasteiger partial charge in [-0.1, -0.05) is 30.3 Å². The van der Waals surface area contributed by atoms with E-state index in [0.717, 1.165) is 12.8 Å². The van der Waals surface area contributed by atoms with E-state index in [9.17, 15) is 14.4 Å². The van der Waals surface area contributed by atoms with Crippen LogP contribution in [0.5, 0.6) is 0 Å². The van der Waals surface area contributed by atoms with Gasteiger partial charge in [-0.3, -0.25) is 19.7 Å². The van der Waals surface area contributed by atoms with Gasteiger partial charge >= 0.3 is 5.97 Å². The van der Waals surface area contributed by atoms with Gasteiger partial charge in [-0.15, -0.1) is 0 Å². The first-order valence-corrected chi connectivity index (χ1v) is 8.86. The number of rotatable bonds is 9. The van der Waals surface area contributed by atoms with Crippen LogP contribution >= 0.6 is 0 Å². The number of likely N-dealkylation sites (tertiary alicyclic amines) is 1. The molecule has 1 heterocycles. The zero-order valence-corrected chi connectivity index (χ0v) is 15.4. The number of benzene rings is 1. The van der Waals surface area contributed by atoms with E-state index in [-0.39, 0.29) is 18.6 Å². The lowest BCUT2D eigenvalue weighted by Gasteiger charge is -2.41. The molecule has 7 nitrogen and oxygen atoms in total. The molecule has 0 bridgehead atoms. The molecule has 1 aliphatic heterocycles. The van der Waals surface area contributed by atoms with Gasteiger partial charge in [0.15, 0.2) is 0 Å². The van der Waals surface area contributed by atoms with Gasteiger partial charge in [-0.05, 0) is 38.2 Å². The van der Waals surface area contributed by atoms with Crippen LogP contribution in [-0.4, -0.2) is 55.1 Å². The fourth-order valence-corrected chi connectivity index (χ4v) is 3.31.